The van der Waals surface area contributed by atoms with E-state index in [1.807, 2.05) is 27.7 Å². The van der Waals surface area contributed by atoms with E-state index in [0.29, 0.717) is 16.4 Å². The number of hydrogen-bond acceptors (Lipinski definition) is 5. The minimum absolute atomic E-state index is 0.0314. The van der Waals surface area contributed by atoms with Gasteiger partial charge in [-0.15, -0.1) is 0 Å². The van der Waals surface area contributed by atoms with E-state index in [1.165, 1.54) is 18.7 Å². The van der Waals surface area contributed by atoms with Gasteiger partial charge in [0.15, 0.2) is 16.7 Å². The molecule has 0 fully saturated rings. The van der Waals surface area contributed by atoms with Gasteiger partial charge in [-0.05, 0) is 52.7 Å². The molecule has 0 aliphatic carbocycles. The molecule has 23 heavy (non-hydrogen) atoms. The average Bonchev–Trinajstić information content (AvgIpc) is 2.77. The Morgan fingerprint density at radius 3 is 2.04 bits per heavy atom. The zero-order valence-corrected chi connectivity index (χ0v) is 15.1. The molecule has 5 nitrogen and oxygen atoms in total. The van der Waals surface area contributed by atoms with Crippen LogP contribution in [0.25, 0.3) is 0 Å². The number of aromatic amines is 1. The number of Topliss-reactive ketones (excluding diaryl/α,β-unsaturated/α-hetero) is 2. The number of H-pyrrole nitrogens is 1. The highest BCUT2D eigenvalue weighted by Gasteiger charge is 2.20. The fraction of sp³-hybridized carbons (Fsp3) is 0.412. The first-order valence-corrected chi connectivity index (χ1v) is 8.38. The fourth-order valence-electron chi connectivity index (χ4n) is 2.57. The van der Waals surface area contributed by atoms with Crippen LogP contribution in [0.1, 0.15) is 56.0 Å². The first kappa shape index (κ1) is 17.4. The second kappa shape index (κ2) is 6.66. The molecular weight excluding hydrogens is 310 g/mol. The largest absolute Gasteiger partial charge is 0.355 e. The summed E-state index contributed by atoms with van der Waals surface area (Å²) in [7, 11) is 0. The highest BCUT2D eigenvalue weighted by atomic mass is 32.2. The van der Waals surface area contributed by atoms with Crippen LogP contribution in [0.15, 0.2) is 5.16 Å². The Bertz CT molecular complexity index is 770. The molecule has 2 rings (SSSR count). The molecule has 0 aliphatic heterocycles. The second-order valence-electron chi connectivity index (χ2n) is 5.70. The number of thioether (sulfide) groups is 1. The summed E-state index contributed by atoms with van der Waals surface area (Å²) in [5, 5.41) is 0.603. The van der Waals surface area contributed by atoms with Gasteiger partial charge in [-0.3, -0.25) is 9.59 Å². The maximum absolute atomic E-state index is 12.4. The SMILES string of the molecule is CC(=O)c1c(C)[nH]c(C(=O)CSc2nc(C)c(C)c(C)n2)c1C. The summed E-state index contributed by atoms with van der Waals surface area (Å²) < 4.78 is 0. The quantitative estimate of drug-likeness (QED) is 0.515. The average molecular weight is 331 g/mol. The van der Waals surface area contributed by atoms with Crippen molar-refractivity contribution in [3.63, 3.8) is 0 Å². The Balaban J connectivity index is 2.18. The van der Waals surface area contributed by atoms with Gasteiger partial charge in [0.2, 0.25) is 0 Å². The lowest BCUT2D eigenvalue weighted by Crippen LogP contribution is -2.07. The number of nitrogens with zero attached hydrogens (tertiary/aromatic N) is 2. The van der Waals surface area contributed by atoms with Crippen LogP contribution in [0, 0.1) is 34.6 Å². The Hall–Kier alpha value is -1.95. The smallest absolute Gasteiger partial charge is 0.189 e. The minimum atomic E-state index is -0.0532. The summed E-state index contributed by atoms with van der Waals surface area (Å²) in [5.74, 6) is 0.152. The number of rotatable bonds is 5. The molecule has 0 saturated carbocycles. The van der Waals surface area contributed by atoms with Gasteiger partial charge < -0.3 is 4.98 Å². The van der Waals surface area contributed by atoms with Crippen molar-refractivity contribution in [2.24, 2.45) is 0 Å². The molecule has 0 aliphatic rings. The van der Waals surface area contributed by atoms with Crippen molar-refractivity contribution in [3.05, 3.63) is 39.5 Å². The van der Waals surface area contributed by atoms with Crippen molar-refractivity contribution in [2.45, 2.75) is 46.7 Å². The predicted molar refractivity (Wildman–Crippen MR) is 91.6 cm³/mol. The first-order chi connectivity index (χ1) is 10.7. The second-order valence-corrected chi connectivity index (χ2v) is 6.64. The van der Waals surface area contributed by atoms with Gasteiger partial charge in [-0.2, -0.15) is 0 Å². The van der Waals surface area contributed by atoms with Gasteiger partial charge in [0, 0.05) is 22.6 Å². The van der Waals surface area contributed by atoms with Crippen LogP contribution in [-0.4, -0.2) is 32.3 Å². The molecule has 0 radical (unpaired) electrons. The van der Waals surface area contributed by atoms with Crippen LogP contribution < -0.4 is 0 Å². The molecule has 0 aromatic carbocycles. The van der Waals surface area contributed by atoms with E-state index < -0.39 is 0 Å². The highest BCUT2D eigenvalue weighted by molar-refractivity contribution is 7.99. The van der Waals surface area contributed by atoms with Crippen LogP contribution in [0.2, 0.25) is 0 Å². The summed E-state index contributed by atoms with van der Waals surface area (Å²) in [4.78, 5) is 36.0. The van der Waals surface area contributed by atoms with E-state index in [0.717, 1.165) is 28.2 Å². The molecule has 0 atom stereocenters. The summed E-state index contributed by atoms with van der Waals surface area (Å²) >= 11 is 1.32. The van der Waals surface area contributed by atoms with E-state index in [4.69, 9.17) is 0 Å². The topological polar surface area (TPSA) is 75.7 Å². The predicted octanol–water partition coefficient (Wildman–Crippen LogP) is 3.52. The van der Waals surface area contributed by atoms with E-state index in [2.05, 4.69) is 15.0 Å². The molecule has 2 aromatic heterocycles. The molecule has 0 amide bonds. The van der Waals surface area contributed by atoms with Gasteiger partial charge in [0.25, 0.3) is 0 Å². The van der Waals surface area contributed by atoms with Crippen molar-refractivity contribution in [3.8, 4) is 0 Å². The van der Waals surface area contributed by atoms with Crippen LogP contribution in [0.3, 0.4) is 0 Å². The molecule has 2 aromatic rings. The minimum Gasteiger partial charge on any atom is -0.355 e. The monoisotopic (exact) mass is 331 g/mol. The van der Waals surface area contributed by atoms with Gasteiger partial charge in [0.05, 0.1) is 11.4 Å². The molecule has 0 bridgehead atoms. The van der Waals surface area contributed by atoms with Crippen molar-refractivity contribution < 1.29 is 9.59 Å². The number of carbonyl (C=O) groups is 2. The van der Waals surface area contributed by atoms with Gasteiger partial charge >= 0.3 is 0 Å². The molecule has 2 heterocycles. The molecule has 0 saturated heterocycles. The molecule has 122 valence electrons. The summed E-state index contributed by atoms with van der Waals surface area (Å²) in [6, 6.07) is 0. The zero-order valence-electron chi connectivity index (χ0n) is 14.3. The maximum Gasteiger partial charge on any atom is 0.189 e. The van der Waals surface area contributed by atoms with Crippen molar-refractivity contribution in [1.29, 1.82) is 0 Å². The number of hydrogen-bond donors (Lipinski definition) is 1. The van der Waals surface area contributed by atoms with E-state index in [-0.39, 0.29) is 17.3 Å². The summed E-state index contributed by atoms with van der Waals surface area (Å²) in [6.45, 7) is 11.0. The Labute approximate surface area is 140 Å². The lowest BCUT2D eigenvalue weighted by atomic mass is 10.1. The van der Waals surface area contributed by atoms with E-state index in [1.54, 1.807) is 6.92 Å². The zero-order chi connectivity index (χ0) is 17.3. The number of nitrogens with one attached hydrogen (secondary N) is 1. The normalized spacial score (nSPS) is 10.9. The maximum atomic E-state index is 12.4. The Kier molecular flexibility index (Phi) is 5.04. The summed E-state index contributed by atoms with van der Waals surface area (Å²) in [5.41, 5.74) is 5.50. The molecular formula is C17H21N3O2S. The van der Waals surface area contributed by atoms with E-state index in [9.17, 15) is 9.59 Å². The van der Waals surface area contributed by atoms with Crippen LogP contribution in [0.5, 0.6) is 0 Å². The van der Waals surface area contributed by atoms with E-state index >= 15 is 0 Å². The summed E-state index contributed by atoms with van der Waals surface area (Å²) in [6.07, 6.45) is 0. The van der Waals surface area contributed by atoms with Gasteiger partial charge in [-0.25, -0.2) is 9.97 Å². The number of ketones is 2. The first-order valence-electron chi connectivity index (χ1n) is 7.40. The van der Waals surface area contributed by atoms with Crippen molar-refractivity contribution >= 4 is 23.3 Å². The van der Waals surface area contributed by atoms with Crippen LogP contribution >= 0.6 is 11.8 Å². The highest BCUT2D eigenvalue weighted by Crippen LogP contribution is 2.22. The molecule has 0 unspecified atom stereocenters. The van der Waals surface area contributed by atoms with Crippen LogP contribution in [-0.2, 0) is 0 Å². The van der Waals surface area contributed by atoms with Crippen molar-refractivity contribution in [1.82, 2.24) is 15.0 Å². The third-order valence-electron chi connectivity index (χ3n) is 4.01. The number of carbonyl (C=O) groups excluding carboxylic acids is 2. The van der Waals surface area contributed by atoms with Crippen molar-refractivity contribution in [2.75, 3.05) is 5.75 Å². The Morgan fingerprint density at radius 1 is 1.00 bits per heavy atom. The Morgan fingerprint density at radius 2 is 1.57 bits per heavy atom. The molecule has 1 N–H and O–H groups in total. The van der Waals surface area contributed by atoms with Gasteiger partial charge in [0.1, 0.15) is 0 Å². The number of aromatic nitrogens is 3. The lowest BCUT2D eigenvalue weighted by molar-refractivity contribution is 0.101. The third-order valence-corrected chi connectivity index (χ3v) is 4.86. The lowest BCUT2D eigenvalue weighted by Gasteiger charge is -2.06. The third kappa shape index (κ3) is 3.52. The standard InChI is InChI=1S/C17H21N3O2S/c1-8-10(3)19-17(20-11(8)4)23-7-14(22)16-9(2)15(13(6)21)12(5)18-16/h18H,7H2,1-6H3. The fourth-order valence-corrected chi connectivity index (χ4v) is 3.37. The van der Waals surface area contributed by atoms with Crippen LogP contribution in [0.4, 0.5) is 0 Å². The van der Waals surface area contributed by atoms with Gasteiger partial charge in [-0.1, -0.05) is 11.8 Å². The number of aryl methyl sites for hydroxylation is 3. The molecule has 6 heteroatoms. The molecule has 0 spiro atoms.